The highest BCUT2D eigenvalue weighted by Crippen LogP contribution is 2.39. The topological polar surface area (TPSA) is 101 Å². The van der Waals surface area contributed by atoms with Crippen molar-refractivity contribution in [3.8, 4) is 0 Å². The number of nitrogens with one attached hydrogen (secondary N) is 1. The molecule has 0 aromatic carbocycles. The van der Waals surface area contributed by atoms with Gasteiger partial charge in [-0.2, -0.15) is 0 Å². The lowest BCUT2D eigenvalue weighted by molar-refractivity contribution is 0.0583. The Hall–Kier alpha value is -3.22. The van der Waals surface area contributed by atoms with Gasteiger partial charge in [0.2, 0.25) is 0 Å². The maximum Gasteiger partial charge on any atom is 0.254 e. The third kappa shape index (κ3) is 3.06. The molecule has 0 spiro atoms. The van der Waals surface area contributed by atoms with Crippen molar-refractivity contribution in [2.45, 2.75) is 50.2 Å². The molecular weight excluding hydrogens is 366 g/mol. The van der Waals surface area contributed by atoms with Crippen LogP contribution >= 0.6 is 0 Å². The van der Waals surface area contributed by atoms with Crippen LogP contribution in [0.1, 0.15) is 57.7 Å². The largest absolute Gasteiger partial charge is 0.381 e. The van der Waals surface area contributed by atoms with Gasteiger partial charge in [0.05, 0.1) is 16.9 Å². The molecule has 2 bridgehead atoms. The van der Waals surface area contributed by atoms with Gasteiger partial charge in [-0.25, -0.2) is 0 Å². The van der Waals surface area contributed by atoms with Gasteiger partial charge >= 0.3 is 0 Å². The molecule has 3 N–H and O–H groups in total. The monoisotopic (exact) mass is 389 g/mol. The molecule has 3 aliphatic rings. The van der Waals surface area contributed by atoms with Crippen LogP contribution in [0.4, 0.5) is 5.69 Å². The minimum atomic E-state index is -0.476. The van der Waals surface area contributed by atoms with Crippen LogP contribution in [0.5, 0.6) is 0 Å². The van der Waals surface area contributed by atoms with Crippen molar-refractivity contribution in [2.75, 3.05) is 5.32 Å². The molecule has 2 fully saturated rings. The summed E-state index contributed by atoms with van der Waals surface area (Å²) in [5.74, 6) is -0.389. The molecule has 1 unspecified atom stereocenters. The Labute approximate surface area is 169 Å². The van der Waals surface area contributed by atoms with E-state index in [0.29, 0.717) is 11.1 Å². The van der Waals surface area contributed by atoms with Crippen molar-refractivity contribution in [2.24, 2.45) is 5.73 Å². The normalized spacial score (nSPS) is 24.4. The number of primary amides is 1. The summed E-state index contributed by atoms with van der Waals surface area (Å²) < 4.78 is 0. The van der Waals surface area contributed by atoms with Gasteiger partial charge in [-0.05, 0) is 37.8 Å². The fourth-order valence-electron chi connectivity index (χ4n) is 5.01. The SMILES string of the molecule is NC(=O)c1cnc2c(c1NC1C[C@H]3CC[C@@H](C1)N3C(=O)c1ccncc1)C=CC2. The molecule has 7 heteroatoms. The summed E-state index contributed by atoms with van der Waals surface area (Å²) in [4.78, 5) is 35.4. The van der Waals surface area contributed by atoms with Crippen LogP contribution in [-0.2, 0) is 6.42 Å². The Morgan fingerprint density at radius 1 is 1.14 bits per heavy atom. The van der Waals surface area contributed by atoms with Gasteiger partial charge in [-0.1, -0.05) is 12.2 Å². The highest BCUT2D eigenvalue weighted by molar-refractivity contribution is 6.00. The Kier molecular flexibility index (Phi) is 4.30. The average molecular weight is 389 g/mol. The fourth-order valence-corrected chi connectivity index (χ4v) is 5.01. The fraction of sp³-hybridized carbons (Fsp3) is 0.364. The molecule has 2 saturated heterocycles. The molecule has 4 heterocycles. The number of piperidine rings is 1. The maximum absolute atomic E-state index is 13.0. The van der Waals surface area contributed by atoms with Crippen molar-refractivity contribution >= 4 is 23.6 Å². The highest BCUT2D eigenvalue weighted by Gasteiger charge is 2.43. The second kappa shape index (κ2) is 6.99. The number of nitrogens with two attached hydrogens (primary N) is 1. The maximum atomic E-state index is 13.0. The number of hydrogen-bond donors (Lipinski definition) is 2. The van der Waals surface area contributed by atoms with E-state index in [0.717, 1.165) is 49.0 Å². The number of allylic oxidation sites excluding steroid dienone is 1. The smallest absolute Gasteiger partial charge is 0.254 e. The molecular formula is C22H23N5O2. The number of carbonyl (C=O) groups excluding carboxylic acids is 2. The highest BCUT2D eigenvalue weighted by atomic mass is 16.2. The van der Waals surface area contributed by atoms with E-state index < -0.39 is 5.91 Å². The van der Waals surface area contributed by atoms with Gasteiger partial charge in [-0.3, -0.25) is 19.6 Å². The molecule has 29 heavy (non-hydrogen) atoms. The summed E-state index contributed by atoms with van der Waals surface area (Å²) in [6.45, 7) is 0. The summed E-state index contributed by atoms with van der Waals surface area (Å²) in [6.07, 6.45) is 13.5. The van der Waals surface area contributed by atoms with Gasteiger partial charge in [0.1, 0.15) is 0 Å². The van der Waals surface area contributed by atoms with Crippen LogP contribution < -0.4 is 11.1 Å². The van der Waals surface area contributed by atoms with Crippen LogP contribution in [-0.4, -0.2) is 44.8 Å². The minimum absolute atomic E-state index is 0.0870. The molecule has 148 valence electrons. The molecule has 7 nitrogen and oxygen atoms in total. The molecule has 1 aliphatic carbocycles. The van der Waals surface area contributed by atoms with Crippen LogP contribution in [0.2, 0.25) is 0 Å². The molecule has 2 aromatic rings. The van der Waals surface area contributed by atoms with Gasteiger partial charge in [0, 0.05) is 54.3 Å². The summed E-state index contributed by atoms with van der Waals surface area (Å²) in [7, 11) is 0. The Morgan fingerprint density at radius 3 is 2.55 bits per heavy atom. The zero-order valence-electron chi connectivity index (χ0n) is 16.0. The number of nitrogens with zero attached hydrogens (tertiary/aromatic N) is 3. The first kappa shape index (κ1) is 17.8. The molecule has 0 radical (unpaired) electrons. The molecule has 0 saturated carbocycles. The number of hydrogen-bond acceptors (Lipinski definition) is 5. The summed E-state index contributed by atoms with van der Waals surface area (Å²) in [5, 5.41) is 3.59. The lowest BCUT2D eigenvalue weighted by atomic mass is 9.95. The van der Waals surface area contributed by atoms with Crippen LogP contribution in [0.25, 0.3) is 6.08 Å². The quantitative estimate of drug-likeness (QED) is 0.836. The predicted octanol–water partition coefficient (Wildman–Crippen LogP) is 2.39. The number of rotatable bonds is 4. The van der Waals surface area contributed by atoms with E-state index in [1.807, 2.05) is 12.2 Å². The van der Waals surface area contributed by atoms with Crippen LogP contribution in [0.15, 0.2) is 36.8 Å². The molecule has 2 amide bonds. The van der Waals surface area contributed by atoms with E-state index in [4.69, 9.17) is 5.73 Å². The average Bonchev–Trinajstić information content (AvgIpc) is 3.31. The summed E-state index contributed by atoms with van der Waals surface area (Å²) in [6, 6.07) is 4.15. The number of anilines is 1. The van der Waals surface area contributed by atoms with Gasteiger partial charge in [0.25, 0.3) is 11.8 Å². The van der Waals surface area contributed by atoms with Crippen molar-refractivity contribution in [1.82, 2.24) is 14.9 Å². The first-order chi connectivity index (χ1) is 14.1. The molecule has 5 rings (SSSR count). The van der Waals surface area contributed by atoms with Crippen molar-refractivity contribution in [1.29, 1.82) is 0 Å². The van der Waals surface area contributed by atoms with E-state index in [1.54, 1.807) is 30.7 Å². The van der Waals surface area contributed by atoms with E-state index in [-0.39, 0.29) is 24.0 Å². The Morgan fingerprint density at radius 2 is 1.86 bits per heavy atom. The number of carbonyl (C=O) groups is 2. The standard InChI is InChI=1S/C22H23N5O2/c23-21(28)18-12-25-19-3-1-2-17(19)20(18)26-14-10-15-4-5-16(11-14)27(15)22(29)13-6-8-24-9-7-13/h1-2,6-9,12,14-16H,3-5,10-11H2,(H2,23,28)(H,25,26)/t14?,15-,16+. The molecule has 2 aromatic heterocycles. The minimum Gasteiger partial charge on any atom is -0.381 e. The lowest BCUT2D eigenvalue weighted by Gasteiger charge is -2.40. The van der Waals surface area contributed by atoms with Crippen molar-refractivity contribution in [3.05, 3.63) is 59.2 Å². The number of amides is 2. The lowest BCUT2D eigenvalue weighted by Crippen LogP contribution is -2.49. The second-order valence-corrected chi connectivity index (χ2v) is 8.02. The van der Waals surface area contributed by atoms with Crippen molar-refractivity contribution in [3.63, 3.8) is 0 Å². The summed E-state index contributed by atoms with van der Waals surface area (Å²) in [5.41, 5.74) is 9.44. The zero-order valence-corrected chi connectivity index (χ0v) is 16.0. The third-order valence-corrected chi connectivity index (χ3v) is 6.30. The Balaban J connectivity index is 1.38. The first-order valence-electron chi connectivity index (χ1n) is 10.1. The van der Waals surface area contributed by atoms with E-state index in [9.17, 15) is 9.59 Å². The van der Waals surface area contributed by atoms with Crippen LogP contribution in [0, 0.1) is 0 Å². The van der Waals surface area contributed by atoms with Crippen LogP contribution in [0.3, 0.4) is 0 Å². The van der Waals surface area contributed by atoms with Gasteiger partial charge in [-0.15, -0.1) is 0 Å². The van der Waals surface area contributed by atoms with E-state index in [1.165, 1.54) is 0 Å². The Bertz CT molecular complexity index is 990. The molecule has 2 aliphatic heterocycles. The number of pyridine rings is 2. The van der Waals surface area contributed by atoms with E-state index in [2.05, 4.69) is 20.2 Å². The summed E-state index contributed by atoms with van der Waals surface area (Å²) >= 11 is 0. The zero-order chi connectivity index (χ0) is 20.0. The van der Waals surface area contributed by atoms with Crippen molar-refractivity contribution < 1.29 is 9.59 Å². The number of aromatic nitrogens is 2. The van der Waals surface area contributed by atoms with E-state index >= 15 is 0 Å². The first-order valence-corrected chi connectivity index (χ1v) is 10.1. The van der Waals surface area contributed by atoms with Gasteiger partial charge < -0.3 is 16.0 Å². The second-order valence-electron chi connectivity index (χ2n) is 8.02. The van der Waals surface area contributed by atoms with Gasteiger partial charge in [0.15, 0.2) is 0 Å². The number of fused-ring (bicyclic) bond motifs is 3. The third-order valence-electron chi connectivity index (χ3n) is 6.30. The molecule has 3 atom stereocenters. The predicted molar refractivity (Wildman–Crippen MR) is 109 cm³/mol.